The number of hydrogen-bond donors (Lipinski definition) is 0. The number of fused-ring (bicyclic) bond motifs is 1. The Morgan fingerprint density at radius 1 is 1.15 bits per heavy atom. The normalized spacial score (nSPS) is 17.9. The van der Waals surface area contributed by atoms with Gasteiger partial charge < -0.3 is 4.74 Å². The zero-order valence-corrected chi connectivity index (χ0v) is 12.6. The standard InChI is InChI=1S/C17H27NO2/c1-2-3-4-5-6-7-8-9-12-16-14-15-11-10-13-18(15)17(19)20-16/h10-11,13,16H,2-9,12,14H2,1H3. The van der Waals surface area contributed by atoms with Gasteiger partial charge in [0.15, 0.2) is 0 Å². The van der Waals surface area contributed by atoms with Gasteiger partial charge in [-0.25, -0.2) is 4.79 Å². The Morgan fingerprint density at radius 2 is 1.85 bits per heavy atom. The van der Waals surface area contributed by atoms with Crippen molar-refractivity contribution in [2.24, 2.45) is 0 Å². The van der Waals surface area contributed by atoms with Crippen LogP contribution in [-0.2, 0) is 11.2 Å². The third-order valence-electron chi connectivity index (χ3n) is 4.11. The number of unbranched alkanes of at least 4 members (excludes halogenated alkanes) is 7. The second kappa shape index (κ2) is 8.13. The lowest BCUT2D eigenvalue weighted by atomic mass is 10.0. The number of carbonyl (C=O) groups excluding carboxylic acids is 1. The molecule has 2 heterocycles. The van der Waals surface area contributed by atoms with Gasteiger partial charge in [0.1, 0.15) is 6.10 Å². The molecule has 1 aromatic heterocycles. The van der Waals surface area contributed by atoms with Gasteiger partial charge in [0, 0.05) is 18.3 Å². The van der Waals surface area contributed by atoms with Gasteiger partial charge in [-0.15, -0.1) is 0 Å². The number of carbonyl (C=O) groups is 1. The van der Waals surface area contributed by atoms with Crippen LogP contribution in [0.1, 0.15) is 70.4 Å². The number of nitrogens with zero attached hydrogens (tertiary/aromatic N) is 1. The van der Waals surface area contributed by atoms with Crippen molar-refractivity contribution in [3.63, 3.8) is 0 Å². The number of rotatable bonds is 9. The van der Waals surface area contributed by atoms with Crippen LogP contribution in [0.25, 0.3) is 0 Å². The Balaban J connectivity index is 1.56. The van der Waals surface area contributed by atoms with E-state index in [2.05, 4.69) is 6.92 Å². The average Bonchev–Trinajstić information content (AvgIpc) is 2.91. The van der Waals surface area contributed by atoms with Crippen molar-refractivity contribution in [1.82, 2.24) is 4.57 Å². The summed E-state index contributed by atoms with van der Waals surface area (Å²) in [5, 5.41) is 0. The number of hydrogen-bond acceptors (Lipinski definition) is 2. The Bertz CT molecular complexity index is 411. The summed E-state index contributed by atoms with van der Waals surface area (Å²) in [6, 6.07) is 3.93. The molecule has 0 saturated heterocycles. The summed E-state index contributed by atoms with van der Waals surface area (Å²) in [6.07, 6.45) is 14.1. The molecular weight excluding hydrogens is 250 g/mol. The number of ether oxygens (including phenoxy) is 1. The second-order valence-corrected chi connectivity index (χ2v) is 5.84. The number of cyclic esters (lactones) is 1. The molecule has 1 aliphatic heterocycles. The highest BCUT2D eigenvalue weighted by molar-refractivity contribution is 5.72. The van der Waals surface area contributed by atoms with Gasteiger partial charge in [-0.2, -0.15) is 0 Å². The molecule has 0 aliphatic carbocycles. The van der Waals surface area contributed by atoms with E-state index >= 15 is 0 Å². The number of aromatic nitrogens is 1. The van der Waals surface area contributed by atoms with E-state index in [9.17, 15) is 4.79 Å². The van der Waals surface area contributed by atoms with Crippen LogP contribution in [0.5, 0.6) is 0 Å². The third-order valence-corrected chi connectivity index (χ3v) is 4.11. The van der Waals surface area contributed by atoms with Crippen LogP contribution in [-0.4, -0.2) is 16.8 Å². The summed E-state index contributed by atoms with van der Waals surface area (Å²) in [5.74, 6) is 0. The summed E-state index contributed by atoms with van der Waals surface area (Å²) in [5.41, 5.74) is 1.09. The van der Waals surface area contributed by atoms with Crippen LogP contribution in [0.4, 0.5) is 4.79 Å². The zero-order valence-electron chi connectivity index (χ0n) is 12.6. The van der Waals surface area contributed by atoms with Gasteiger partial charge in [-0.05, 0) is 25.0 Å². The van der Waals surface area contributed by atoms with E-state index in [0.717, 1.165) is 18.5 Å². The molecule has 0 saturated carbocycles. The molecule has 0 bridgehead atoms. The molecule has 20 heavy (non-hydrogen) atoms. The van der Waals surface area contributed by atoms with Crippen molar-refractivity contribution in [2.75, 3.05) is 0 Å². The highest BCUT2D eigenvalue weighted by Gasteiger charge is 2.24. The fraction of sp³-hybridized carbons (Fsp3) is 0.706. The Labute approximate surface area is 122 Å². The molecule has 0 spiro atoms. The quantitative estimate of drug-likeness (QED) is 0.599. The molecule has 3 heteroatoms. The lowest BCUT2D eigenvalue weighted by Gasteiger charge is -2.24. The fourth-order valence-corrected chi connectivity index (χ4v) is 2.90. The molecule has 112 valence electrons. The average molecular weight is 277 g/mol. The topological polar surface area (TPSA) is 31.2 Å². The summed E-state index contributed by atoms with van der Waals surface area (Å²) in [4.78, 5) is 11.7. The Hall–Kier alpha value is -1.25. The first-order valence-corrected chi connectivity index (χ1v) is 8.18. The summed E-state index contributed by atoms with van der Waals surface area (Å²) >= 11 is 0. The van der Waals surface area contributed by atoms with Crippen molar-refractivity contribution in [1.29, 1.82) is 0 Å². The molecule has 2 rings (SSSR count). The first kappa shape index (κ1) is 15.1. The van der Waals surface area contributed by atoms with Gasteiger partial charge in [0.05, 0.1) is 0 Å². The maximum atomic E-state index is 11.7. The van der Waals surface area contributed by atoms with E-state index in [1.54, 1.807) is 10.8 Å². The third kappa shape index (κ3) is 4.39. The lowest BCUT2D eigenvalue weighted by molar-refractivity contribution is 0.0786. The van der Waals surface area contributed by atoms with Crippen LogP contribution in [0.2, 0.25) is 0 Å². The molecule has 0 aromatic carbocycles. The van der Waals surface area contributed by atoms with Crippen LogP contribution in [0.3, 0.4) is 0 Å². The van der Waals surface area contributed by atoms with Crippen molar-refractivity contribution >= 4 is 6.09 Å². The molecule has 1 unspecified atom stereocenters. The first-order chi connectivity index (χ1) is 9.81. The van der Waals surface area contributed by atoms with E-state index in [4.69, 9.17) is 4.74 Å². The molecule has 0 amide bonds. The molecular formula is C17H27NO2. The largest absolute Gasteiger partial charge is 0.445 e. The summed E-state index contributed by atoms with van der Waals surface area (Å²) in [6.45, 7) is 2.25. The first-order valence-electron chi connectivity index (χ1n) is 8.18. The van der Waals surface area contributed by atoms with Crippen LogP contribution in [0.15, 0.2) is 18.3 Å². The van der Waals surface area contributed by atoms with E-state index in [1.807, 2.05) is 12.1 Å². The minimum atomic E-state index is -0.208. The SMILES string of the molecule is CCCCCCCCCCC1Cc2cccn2C(=O)O1. The van der Waals surface area contributed by atoms with Gasteiger partial charge in [-0.1, -0.05) is 51.9 Å². The van der Waals surface area contributed by atoms with Gasteiger partial charge >= 0.3 is 6.09 Å². The highest BCUT2D eigenvalue weighted by atomic mass is 16.6. The van der Waals surface area contributed by atoms with Crippen LogP contribution in [0, 0.1) is 0 Å². The van der Waals surface area contributed by atoms with E-state index in [1.165, 1.54) is 51.4 Å². The van der Waals surface area contributed by atoms with Crippen LogP contribution < -0.4 is 0 Å². The van der Waals surface area contributed by atoms with Crippen molar-refractivity contribution in [3.05, 3.63) is 24.0 Å². The molecule has 0 N–H and O–H groups in total. The molecule has 1 aliphatic rings. The van der Waals surface area contributed by atoms with Crippen LogP contribution >= 0.6 is 0 Å². The van der Waals surface area contributed by atoms with Crippen molar-refractivity contribution < 1.29 is 9.53 Å². The summed E-state index contributed by atoms with van der Waals surface area (Å²) < 4.78 is 7.07. The van der Waals surface area contributed by atoms with Gasteiger partial charge in [0.25, 0.3) is 0 Å². The minimum absolute atomic E-state index is 0.0880. The van der Waals surface area contributed by atoms with Gasteiger partial charge in [-0.3, -0.25) is 4.57 Å². The summed E-state index contributed by atoms with van der Waals surface area (Å²) in [7, 11) is 0. The zero-order chi connectivity index (χ0) is 14.2. The minimum Gasteiger partial charge on any atom is -0.445 e. The molecule has 0 radical (unpaired) electrons. The predicted molar refractivity (Wildman–Crippen MR) is 81.0 cm³/mol. The molecule has 3 nitrogen and oxygen atoms in total. The van der Waals surface area contributed by atoms with Crippen molar-refractivity contribution in [2.45, 2.75) is 77.2 Å². The highest BCUT2D eigenvalue weighted by Crippen LogP contribution is 2.20. The second-order valence-electron chi connectivity index (χ2n) is 5.84. The Kier molecular flexibility index (Phi) is 6.16. The monoisotopic (exact) mass is 277 g/mol. The lowest BCUT2D eigenvalue weighted by Crippen LogP contribution is -2.31. The fourth-order valence-electron chi connectivity index (χ4n) is 2.90. The smallest absolute Gasteiger partial charge is 0.418 e. The van der Waals surface area contributed by atoms with E-state index < -0.39 is 0 Å². The molecule has 1 aromatic rings. The van der Waals surface area contributed by atoms with Gasteiger partial charge in [0.2, 0.25) is 0 Å². The molecule has 1 atom stereocenters. The Morgan fingerprint density at radius 3 is 2.60 bits per heavy atom. The van der Waals surface area contributed by atoms with Crippen molar-refractivity contribution in [3.8, 4) is 0 Å². The van der Waals surface area contributed by atoms with E-state index in [-0.39, 0.29) is 12.2 Å². The maximum Gasteiger partial charge on any atom is 0.418 e. The molecule has 0 fully saturated rings. The van der Waals surface area contributed by atoms with E-state index in [0.29, 0.717) is 0 Å². The predicted octanol–water partition coefficient (Wildman–Crippen LogP) is 4.93. The maximum absolute atomic E-state index is 11.7.